The first-order valence-corrected chi connectivity index (χ1v) is 14.4. The van der Waals surface area contributed by atoms with Gasteiger partial charge in [0, 0.05) is 17.8 Å². The van der Waals surface area contributed by atoms with Crippen molar-refractivity contribution in [2.75, 3.05) is 38.2 Å². The lowest BCUT2D eigenvalue weighted by molar-refractivity contribution is -0.942. The van der Waals surface area contributed by atoms with Crippen molar-refractivity contribution in [1.29, 1.82) is 5.26 Å². The molecule has 1 unspecified atom stereocenters. The van der Waals surface area contributed by atoms with E-state index < -0.39 is 29.4 Å². The maximum Gasteiger partial charge on any atom is 0.416 e. The molecule has 0 amide bonds. The van der Waals surface area contributed by atoms with Crippen LogP contribution in [0.25, 0.3) is 0 Å². The highest BCUT2D eigenvalue weighted by atomic mass is 19.4. The molecule has 43 heavy (non-hydrogen) atoms. The van der Waals surface area contributed by atoms with Crippen molar-refractivity contribution in [3.63, 3.8) is 0 Å². The second kappa shape index (κ2) is 10.7. The molecule has 5 heterocycles. The number of esters is 1. The van der Waals surface area contributed by atoms with Crippen molar-refractivity contribution in [3.8, 4) is 6.07 Å². The van der Waals surface area contributed by atoms with Crippen LogP contribution in [-0.4, -0.2) is 58.5 Å². The van der Waals surface area contributed by atoms with Crippen LogP contribution in [0.1, 0.15) is 54.5 Å². The molecule has 2 aromatic carbocycles. The molecule has 0 saturated carbocycles. The number of hydrogen-bond donors (Lipinski definition) is 1. The molecule has 1 aromatic heterocycles. The van der Waals surface area contributed by atoms with Gasteiger partial charge in [0.05, 0.1) is 56.1 Å². The van der Waals surface area contributed by atoms with Crippen LogP contribution in [0.15, 0.2) is 58.5 Å². The topological polar surface area (TPSA) is 104 Å². The first-order chi connectivity index (χ1) is 20.5. The number of rotatable bonds is 6. The van der Waals surface area contributed by atoms with Crippen LogP contribution in [-0.2, 0) is 22.1 Å². The van der Waals surface area contributed by atoms with Crippen molar-refractivity contribution in [2.45, 2.75) is 44.8 Å². The highest BCUT2D eigenvalue weighted by molar-refractivity contribution is 5.93. The average Bonchev–Trinajstić information content (AvgIpc) is 3.40. The van der Waals surface area contributed by atoms with E-state index in [-0.39, 0.29) is 22.9 Å². The molecule has 9 nitrogen and oxygen atoms in total. The Hall–Kier alpha value is -4.37. The molecule has 0 radical (unpaired) electrons. The van der Waals surface area contributed by atoms with E-state index in [1.807, 2.05) is 0 Å². The monoisotopic (exact) mass is 593 g/mol. The molecule has 12 heteroatoms. The van der Waals surface area contributed by atoms with Crippen LogP contribution in [0.5, 0.6) is 0 Å². The fourth-order valence-corrected chi connectivity index (χ4v) is 7.07. The van der Waals surface area contributed by atoms with Gasteiger partial charge in [-0.05, 0) is 73.6 Å². The van der Waals surface area contributed by atoms with Gasteiger partial charge in [-0.3, -0.25) is 4.90 Å². The van der Waals surface area contributed by atoms with E-state index in [0.717, 1.165) is 54.3 Å². The van der Waals surface area contributed by atoms with Crippen LogP contribution in [0.3, 0.4) is 0 Å². The lowest BCUT2D eigenvalue weighted by Crippen LogP contribution is -2.58. The molecule has 4 aliphatic heterocycles. The predicted octanol–water partition coefficient (Wildman–Crippen LogP) is 4.82. The molecule has 224 valence electrons. The molecular weight excluding hydrogens is 561 g/mol. The summed E-state index contributed by atoms with van der Waals surface area (Å²) in [6, 6.07) is 11.0. The number of anilines is 2. The summed E-state index contributed by atoms with van der Waals surface area (Å²) in [4.78, 5) is 28.2. The summed E-state index contributed by atoms with van der Waals surface area (Å²) in [7, 11) is 1.22. The molecule has 7 rings (SSSR count). The van der Waals surface area contributed by atoms with Crippen molar-refractivity contribution < 1.29 is 27.2 Å². The summed E-state index contributed by atoms with van der Waals surface area (Å²) in [5.74, 6) is 0.116. The van der Waals surface area contributed by atoms with Gasteiger partial charge >= 0.3 is 17.8 Å². The zero-order valence-electron chi connectivity index (χ0n) is 23.9. The van der Waals surface area contributed by atoms with Gasteiger partial charge in [0.2, 0.25) is 5.95 Å². The molecule has 3 aromatic rings. The Morgan fingerprint density at radius 1 is 1.16 bits per heavy atom. The highest BCUT2D eigenvalue weighted by Gasteiger charge is 2.42. The number of benzene rings is 2. The zero-order chi connectivity index (χ0) is 30.5. The van der Waals surface area contributed by atoms with E-state index in [0.29, 0.717) is 17.5 Å². The number of halogens is 3. The Morgan fingerprint density at radius 2 is 1.88 bits per heavy atom. The third-order valence-electron chi connectivity index (χ3n) is 9.44. The Balaban J connectivity index is 1.50. The number of nitriles is 1. The van der Waals surface area contributed by atoms with Crippen molar-refractivity contribution in [1.82, 2.24) is 14.8 Å². The first kappa shape index (κ1) is 28.7. The predicted molar refractivity (Wildman–Crippen MR) is 151 cm³/mol. The number of carbonyl (C=O) groups is 1. The summed E-state index contributed by atoms with van der Waals surface area (Å²) in [6.07, 6.45) is -0.349. The van der Waals surface area contributed by atoms with Gasteiger partial charge in [-0.15, -0.1) is 5.10 Å². The van der Waals surface area contributed by atoms with Crippen LogP contribution >= 0.6 is 0 Å². The molecule has 3 fully saturated rings. The standard InChI is InChI=1S/C31H31F3N6O3/c1-19-26(28(41)43-2)27(39-29(36-37-30(39)42)38(19)24-5-3-4-23(17-24)31(32,33)34)25-7-6-21(18-35)16-22(25)11-15-40-12-8-20(9-13-40)10-14-40/h3-7,16-17,20,27H,8-15H2,1-2H3/p+1. The number of ether oxygens (including phenoxy) is 1. The fourth-order valence-electron chi connectivity index (χ4n) is 7.07. The molecular formula is C31H32F3N6O3+. The smallest absolute Gasteiger partial charge is 0.416 e. The van der Waals surface area contributed by atoms with E-state index in [1.54, 1.807) is 25.1 Å². The van der Waals surface area contributed by atoms with Gasteiger partial charge in [-0.25, -0.2) is 19.3 Å². The van der Waals surface area contributed by atoms with E-state index in [2.05, 4.69) is 16.3 Å². The van der Waals surface area contributed by atoms with Gasteiger partial charge in [0.1, 0.15) is 6.04 Å². The molecule has 1 atom stereocenters. The lowest BCUT2D eigenvalue weighted by Gasteiger charge is -2.49. The third kappa shape index (κ3) is 5.01. The number of quaternary nitrogens is 1. The largest absolute Gasteiger partial charge is 0.466 e. The summed E-state index contributed by atoms with van der Waals surface area (Å²) in [5, 5.41) is 16.3. The first-order valence-electron chi connectivity index (χ1n) is 14.4. The van der Waals surface area contributed by atoms with Crippen LogP contribution in [0, 0.1) is 17.2 Å². The number of piperidine rings is 3. The number of methoxy groups -OCH3 is 1. The lowest BCUT2D eigenvalue weighted by atomic mass is 9.84. The van der Waals surface area contributed by atoms with Crippen LogP contribution in [0.2, 0.25) is 0 Å². The Morgan fingerprint density at radius 3 is 2.53 bits per heavy atom. The number of H-pyrrole nitrogens is 1. The van der Waals surface area contributed by atoms with Crippen LogP contribution < -0.4 is 10.6 Å². The quantitative estimate of drug-likeness (QED) is 0.325. The number of carbonyl (C=O) groups excluding carboxylic acids is 1. The minimum atomic E-state index is -4.60. The summed E-state index contributed by atoms with van der Waals surface area (Å²) >= 11 is 0. The normalized spacial score (nSPS) is 23.2. The van der Waals surface area contributed by atoms with Gasteiger partial charge in [-0.1, -0.05) is 12.1 Å². The summed E-state index contributed by atoms with van der Waals surface area (Å²) < 4.78 is 48.4. The number of allylic oxidation sites excluding steroid dienone is 1. The summed E-state index contributed by atoms with van der Waals surface area (Å²) in [5.41, 5.74) is 0.844. The molecule has 2 bridgehead atoms. The van der Waals surface area contributed by atoms with Crippen molar-refractivity contribution >= 4 is 17.6 Å². The van der Waals surface area contributed by atoms with Gasteiger partial charge < -0.3 is 9.22 Å². The van der Waals surface area contributed by atoms with E-state index in [4.69, 9.17) is 4.74 Å². The number of hydrogen-bond acceptors (Lipinski definition) is 6. The van der Waals surface area contributed by atoms with Gasteiger partial charge in [0.25, 0.3) is 0 Å². The fraction of sp³-hybridized carbons (Fsp3) is 0.419. The molecule has 0 spiro atoms. The highest BCUT2D eigenvalue weighted by Crippen LogP contribution is 2.44. The number of alkyl halides is 3. The van der Waals surface area contributed by atoms with Gasteiger partial charge in [0.15, 0.2) is 0 Å². The maximum atomic E-state index is 13.6. The Kier molecular flexibility index (Phi) is 7.16. The third-order valence-corrected chi connectivity index (χ3v) is 9.44. The second-order valence-electron chi connectivity index (χ2n) is 11.7. The van der Waals surface area contributed by atoms with Crippen molar-refractivity contribution in [3.05, 3.63) is 86.5 Å². The number of nitrogens with zero attached hydrogens (tertiary/aromatic N) is 5. The minimum absolute atomic E-state index is 0.0368. The molecule has 4 aliphatic rings. The minimum Gasteiger partial charge on any atom is -0.466 e. The maximum absolute atomic E-state index is 13.6. The summed E-state index contributed by atoms with van der Waals surface area (Å²) in [6.45, 7) is 5.81. The second-order valence-corrected chi connectivity index (χ2v) is 11.7. The number of nitrogens with one attached hydrogen (secondary N) is 1. The number of aromatic amines is 1. The van der Waals surface area contributed by atoms with Gasteiger partial charge in [-0.2, -0.15) is 18.4 Å². The van der Waals surface area contributed by atoms with Crippen LogP contribution in [0.4, 0.5) is 24.8 Å². The van der Waals surface area contributed by atoms with E-state index >= 15 is 0 Å². The molecule has 0 aliphatic carbocycles. The number of aromatic nitrogens is 3. The average molecular weight is 594 g/mol. The van der Waals surface area contributed by atoms with E-state index in [1.165, 1.54) is 48.0 Å². The molecule has 1 N–H and O–H groups in total. The SMILES string of the molecule is COC(=O)C1=C(C)N(c2cccc(C(F)(F)F)c2)c2n[nH]c(=O)n2C1c1ccc(C#N)cc1CC[N+]12CCC(CC1)CC2. The molecule has 3 saturated heterocycles. The Labute approximate surface area is 246 Å². The zero-order valence-corrected chi connectivity index (χ0v) is 23.9. The van der Waals surface area contributed by atoms with Crippen molar-refractivity contribution in [2.24, 2.45) is 5.92 Å². The number of fused-ring (bicyclic) bond motifs is 4. The van der Waals surface area contributed by atoms with E-state index in [9.17, 15) is 28.0 Å². The Bertz CT molecular complexity index is 1690.